The first-order valence-corrected chi connectivity index (χ1v) is 14.5. The standard InChI is InChI=1S/C29H39N7O5/c1-19-16-21-17-22(7-8-24(21)41-19)31-29(33-26(38)20-9-14-35(15-10-20)28(30)40)32-23-6-2-3-13-36(27(23)39)18-25(37)34-11-4-5-12-34/h7-8,16-17,20,23H,2-6,9-15,18H2,1H3,(H2,30,40)(H2,31,32,33,38)/t23-/m0/s1. The first-order chi connectivity index (χ1) is 19.8. The number of hydrogen-bond acceptors (Lipinski definition) is 6. The van der Waals surface area contributed by atoms with Gasteiger partial charge in [-0.1, -0.05) is 0 Å². The third-order valence-corrected chi connectivity index (χ3v) is 8.14. The molecule has 41 heavy (non-hydrogen) atoms. The van der Waals surface area contributed by atoms with E-state index < -0.39 is 12.1 Å². The molecule has 220 valence electrons. The molecule has 4 N–H and O–H groups in total. The van der Waals surface area contributed by atoms with Crippen molar-refractivity contribution in [2.45, 2.75) is 57.9 Å². The summed E-state index contributed by atoms with van der Waals surface area (Å²) in [5.74, 6) is 0.170. The van der Waals surface area contributed by atoms with E-state index in [1.165, 1.54) is 4.90 Å². The van der Waals surface area contributed by atoms with Gasteiger partial charge < -0.3 is 30.2 Å². The van der Waals surface area contributed by atoms with Crippen LogP contribution in [-0.4, -0.2) is 89.7 Å². The van der Waals surface area contributed by atoms with Gasteiger partial charge in [-0.15, -0.1) is 0 Å². The van der Waals surface area contributed by atoms with Gasteiger partial charge in [-0.3, -0.25) is 19.7 Å². The van der Waals surface area contributed by atoms with Crippen molar-refractivity contribution in [1.82, 2.24) is 20.0 Å². The highest BCUT2D eigenvalue weighted by Crippen LogP contribution is 2.24. The molecule has 3 aliphatic heterocycles. The number of carbonyl (C=O) groups excluding carboxylic acids is 4. The monoisotopic (exact) mass is 565 g/mol. The van der Waals surface area contributed by atoms with Crippen molar-refractivity contribution < 1.29 is 23.6 Å². The highest BCUT2D eigenvalue weighted by Gasteiger charge is 2.31. The van der Waals surface area contributed by atoms with Crippen molar-refractivity contribution in [3.8, 4) is 0 Å². The fraction of sp³-hybridized carbons (Fsp3) is 0.552. The van der Waals surface area contributed by atoms with E-state index in [1.807, 2.05) is 36.1 Å². The SMILES string of the molecule is Cc1cc2cc(NC(=N[C@H]3CCCCN(CC(=O)N4CCCC4)C3=O)NC(=O)C3CCN(C(N)=O)CC3)ccc2o1. The van der Waals surface area contributed by atoms with Gasteiger partial charge in [-0.25, -0.2) is 9.79 Å². The van der Waals surface area contributed by atoms with Crippen LogP contribution in [0.5, 0.6) is 0 Å². The molecule has 0 bridgehead atoms. The molecule has 0 unspecified atom stereocenters. The van der Waals surface area contributed by atoms with Gasteiger partial charge in [0.05, 0.1) is 6.54 Å². The lowest BCUT2D eigenvalue weighted by atomic mass is 9.96. The summed E-state index contributed by atoms with van der Waals surface area (Å²) in [5.41, 5.74) is 6.82. The number of likely N-dealkylation sites (tertiary alicyclic amines) is 3. The second kappa shape index (κ2) is 12.6. The summed E-state index contributed by atoms with van der Waals surface area (Å²) in [6.07, 6.45) is 5.04. The maximum absolute atomic E-state index is 13.6. The molecule has 5 rings (SSSR count). The Morgan fingerprint density at radius 1 is 0.976 bits per heavy atom. The second-order valence-corrected chi connectivity index (χ2v) is 11.2. The number of carbonyl (C=O) groups is 4. The summed E-state index contributed by atoms with van der Waals surface area (Å²) in [7, 11) is 0. The normalized spacial score (nSPS) is 20.8. The van der Waals surface area contributed by atoms with Gasteiger partial charge in [0.15, 0.2) is 0 Å². The number of rotatable bonds is 5. The Bertz CT molecular complexity index is 1320. The zero-order chi connectivity index (χ0) is 28.9. The van der Waals surface area contributed by atoms with Gasteiger partial charge in [0.1, 0.15) is 17.4 Å². The summed E-state index contributed by atoms with van der Waals surface area (Å²) in [4.78, 5) is 60.9. The number of primary amides is 1. The summed E-state index contributed by atoms with van der Waals surface area (Å²) in [5, 5.41) is 7.03. The van der Waals surface area contributed by atoms with E-state index in [0.717, 1.165) is 55.5 Å². The van der Waals surface area contributed by atoms with Crippen LogP contribution in [0.2, 0.25) is 0 Å². The molecular weight excluding hydrogens is 526 g/mol. The highest BCUT2D eigenvalue weighted by atomic mass is 16.3. The topological polar surface area (TPSA) is 154 Å². The van der Waals surface area contributed by atoms with Crippen molar-refractivity contribution >= 4 is 46.4 Å². The predicted octanol–water partition coefficient (Wildman–Crippen LogP) is 2.42. The van der Waals surface area contributed by atoms with Crippen LogP contribution >= 0.6 is 0 Å². The molecule has 1 atom stereocenters. The molecule has 2 aromatic rings. The van der Waals surface area contributed by atoms with Crippen molar-refractivity contribution in [3.63, 3.8) is 0 Å². The fourth-order valence-electron chi connectivity index (χ4n) is 5.81. The molecule has 12 nitrogen and oxygen atoms in total. The smallest absolute Gasteiger partial charge is 0.314 e. The minimum absolute atomic E-state index is 0.0295. The number of aryl methyl sites for hydroxylation is 1. The van der Waals surface area contributed by atoms with Gasteiger partial charge in [0.25, 0.3) is 0 Å². The molecule has 1 aromatic carbocycles. The Kier molecular flexibility index (Phi) is 8.75. The summed E-state index contributed by atoms with van der Waals surface area (Å²) >= 11 is 0. The molecule has 0 saturated carbocycles. The van der Waals surface area contributed by atoms with Crippen molar-refractivity contribution in [3.05, 3.63) is 30.0 Å². The Morgan fingerprint density at radius 3 is 2.44 bits per heavy atom. The molecule has 12 heteroatoms. The number of piperidine rings is 1. The Labute approximate surface area is 239 Å². The maximum atomic E-state index is 13.6. The number of urea groups is 1. The largest absolute Gasteiger partial charge is 0.461 e. The lowest BCUT2D eigenvalue weighted by Gasteiger charge is -2.30. The zero-order valence-electron chi connectivity index (χ0n) is 23.6. The number of aliphatic imine (C=N–C) groups is 1. The van der Waals surface area contributed by atoms with Crippen LogP contribution in [0.15, 0.2) is 33.7 Å². The van der Waals surface area contributed by atoms with E-state index in [-0.39, 0.29) is 36.1 Å². The van der Waals surface area contributed by atoms with Crippen LogP contribution in [-0.2, 0) is 14.4 Å². The summed E-state index contributed by atoms with van der Waals surface area (Å²) < 4.78 is 5.68. The molecule has 5 amide bonds. The summed E-state index contributed by atoms with van der Waals surface area (Å²) in [6.45, 7) is 4.73. The number of fused-ring (bicyclic) bond motifs is 1. The number of hydrogen-bond donors (Lipinski definition) is 3. The second-order valence-electron chi connectivity index (χ2n) is 11.2. The van der Waals surface area contributed by atoms with Crippen molar-refractivity contribution in [2.24, 2.45) is 16.6 Å². The van der Waals surface area contributed by atoms with E-state index in [4.69, 9.17) is 15.1 Å². The number of benzene rings is 1. The zero-order valence-corrected chi connectivity index (χ0v) is 23.6. The van der Waals surface area contributed by atoms with Crippen molar-refractivity contribution in [2.75, 3.05) is 44.6 Å². The predicted molar refractivity (Wildman–Crippen MR) is 154 cm³/mol. The highest BCUT2D eigenvalue weighted by molar-refractivity contribution is 6.06. The van der Waals surface area contributed by atoms with Crippen LogP contribution in [0, 0.1) is 12.8 Å². The van der Waals surface area contributed by atoms with E-state index in [1.54, 1.807) is 4.90 Å². The van der Waals surface area contributed by atoms with Crippen LogP contribution in [0.4, 0.5) is 10.5 Å². The van der Waals surface area contributed by atoms with E-state index in [0.29, 0.717) is 44.6 Å². The Hall–Kier alpha value is -4.09. The Morgan fingerprint density at radius 2 is 1.71 bits per heavy atom. The number of guanidine groups is 1. The van der Waals surface area contributed by atoms with Crippen molar-refractivity contribution in [1.29, 1.82) is 0 Å². The van der Waals surface area contributed by atoms with Crippen LogP contribution in [0.3, 0.4) is 0 Å². The van der Waals surface area contributed by atoms with Gasteiger partial charge in [-0.05, 0) is 76.1 Å². The fourth-order valence-corrected chi connectivity index (χ4v) is 5.81. The number of anilines is 1. The average Bonchev–Trinajstić information content (AvgIpc) is 3.59. The van der Waals surface area contributed by atoms with Gasteiger partial charge in [-0.2, -0.15) is 0 Å². The number of furan rings is 1. The van der Waals surface area contributed by atoms with E-state index in [2.05, 4.69) is 10.6 Å². The first-order valence-electron chi connectivity index (χ1n) is 14.5. The third kappa shape index (κ3) is 6.98. The number of nitrogens with two attached hydrogens (primary N) is 1. The third-order valence-electron chi connectivity index (χ3n) is 8.14. The molecule has 0 spiro atoms. The van der Waals surface area contributed by atoms with E-state index >= 15 is 0 Å². The first kappa shape index (κ1) is 28.4. The minimum Gasteiger partial charge on any atom is -0.461 e. The molecule has 4 heterocycles. The van der Waals surface area contributed by atoms with Crippen LogP contribution < -0.4 is 16.4 Å². The molecular formula is C29H39N7O5. The lowest BCUT2D eigenvalue weighted by molar-refractivity contribution is -0.140. The van der Waals surface area contributed by atoms with Crippen LogP contribution in [0.1, 0.15) is 50.7 Å². The molecule has 3 saturated heterocycles. The van der Waals surface area contributed by atoms with Gasteiger partial charge >= 0.3 is 6.03 Å². The average molecular weight is 566 g/mol. The quantitative estimate of drug-likeness (QED) is 0.374. The number of amides is 5. The lowest BCUT2D eigenvalue weighted by Crippen LogP contribution is -2.48. The molecule has 0 radical (unpaired) electrons. The molecule has 0 aliphatic carbocycles. The van der Waals surface area contributed by atoms with Gasteiger partial charge in [0, 0.05) is 49.7 Å². The summed E-state index contributed by atoms with van der Waals surface area (Å²) in [6, 6.07) is 6.27. The molecule has 1 aromatic heterocycles. The minimum atomic E-state index is -0.733. The molecule has 3 fully saturated rings. The maximum Gasteiger partial charge on any atom is 0.314 e. The van der Waals surface area contributed by atoms with Crippen LogP contribution in [0.25, 0.3) is 11.0 Å². The Balaban J connectivity index is 1.35. The van der Waals surface area contributed by atoms with E-state index in [9.17, 15) is 19.2 Å². The van der Waals surface area contributed by atoms with Gasteiger partial charge in [0.2, 0.25) is 23.7 Å². The molecule has 3 aliphatic rings. The number of nitrogens with zero attached hydrogens (tertiary/aromatic N) is 4. The number of nitrogens with one attached hydrogen (secondary N) is 2.